The van der Waals surface area contributed by atoms with Crippen LogP contribution >= 0.6 is 11.6 Å². The van der Waals surface area contributed by atoms with E-state index in [1.807, 2.05) is 18.2 Å². The number of rotatable bonds is 5. The van der Waals surface area contributed by atoms with Crippen LogP contribution in [0.2, 0.25) is 5.02 Å². The molecule has 1 unspecified atom stereocenters. The number of carbonyl (C=O) groups excluding carboxylic acids is 1. The topological polar surface area (TPSA) is 92.9 Å². The third kappa shape index (κ3) is 4.18. The lowest BCUT2D eigenvalue weighted by Crippen LogP contribution is -2.48. The Balaban J connectivity index is 1.58. The summed E-state index contributed by atoms with van der Waals surface area (Å²) in [6.07, 6.45) is 1.13. The van der Waals surface area contributed by atoms with Crippen LogP contribution in [0.3, 0.4) is 0 Å². The monoisotopic (exact) mass is 364 g/mol. The maximum absolute atomic E-state index is 12.3. The van der Waals surface area contributed by atoms with Crippen molar-refractivity contribution in [2.24, 2.45) is 0 Å². The minimum Gasteiger partial charge on any atom is -0.479 e. The average Bonchev–Trinajstić information content (AvgIpc) is 3.09. The number of oxazole rings is 1. The molecule has 1 fully saturated rings. The predicted molar refractivity (Wildman–Crippen MR) is 89.2 cm³/mol. The Morgan fingerprint density at radius 3 is 2.92 bits per heavy atom. The fourth-order valence-corrected chi connectivity index (χ4v) is 2.84. The third-order valence-electron chi connectivity index (χ3n) is 3.94. The molecule has 3 rings (SSSR count). The second-order valence-corrected chi connectivity index (χ2v) is 6.04. The van der Waals surface area contributed by atoms with E-state index in [0.717, 1.165) is 5.56 Å². The highest BCUT2D eigenvalue weighted by molar-refractivity contribution is 6.33. The minimum absolute atomic E-state index is 0.0601. The molecule has 1 aromatic carbocycles. The van der Waals surface area contributed by atoms with E-state index in [1.54, 1.807) is 12.3 Å². The first-order valence-electron chi connectivity index (χ1n) is 7.86. The fourth-order valence-electron chi connectivity index (χ4n) is 2.61. The normalized spacial score (nSPS) is 17.5. The number of carbonyl (C=O) groups is 2. The Morgan fingerprint density at radius 1 is 1.36 bits per heavy atom. The van der Waals surface area contributed by atoms with Crippen molar-refractivity contribution < 1.29 is 23.8 Å². The Hall–Kier alpha value is -2.38. The van der Waals surface area contributed by atoms with Crippen LogP contribution in [-0.2, 0) is 20.7 Å². The van der Waals surface area contributed by atoms with E-state index >= 15 is 0 Å². The maximum atomic E-state index is 12.3. The Morgan fingerprint density at radius 2 is 2.16 bits per heavy atom. The Bertz CT molecular complexity index is 776. The van der Waals surface area contributed by atoms with Gasteiger partial charge >= 0.3 is 5.97 Å². The van der Waals surface area contributed by atoms with E-state index in [9.17, 15) is 9.59 Å². The summed E-state index contributed by atoms with van der Waals surface area (Å²) >= 11 is 6.13. The number of amides is 1. The molecule has 1 amide bonds. The molecule has 1 N–H and O–H groups in total. The highest BCUT2D eigenvalue weighted by Gasteiger charge is 2.28. The van der Waals surface area contributed by atoms with Crippen molar-refractivity contribution in [2.45, 2.75) is 18.9 Å². The Kier molecular flexibility index (Phi) is 5.35. The van der Waals surface area contributed by atoms with Crippen molar-refractivity contribution >= 4 is 23.5 Å². The summed E-state index contributed by atoms with van der Waals surface area (Å²) in [5, 5.41) is 9.54. The predicted octanol–water partition coefficient (Wildman–Crippen LogP) is 2.24. The number of aliphatic carboxylic acids is 1. The van der Waals surface area contributed by atoms with Gasteiger partial charge in [0.05, 0.1) is 24.4 Å². The van der Waals surface area contributed by atoms with Gasteiger partial charge in [-0.25, -0.2) is 9.78 Å². The zero-order valence-corrected chi connectivity index (χ0v) is 14.1. The number of halogens is 1. The zero-order valence-electron chi connectivity index (χ0n) is 13.4. The summed E-state index contributed by atoms with van der Waals surface area (Å²) in [6.45, 7) is 0.669. The van der Waals surface area contributed by atoms with Gasteiger partial charge in [-0.2, -0.15) is 0 Å². The number of benzene rings is 1. The van der Waals surface area contributed by atoms with Gasteiger partial charge in [0, 0.05) is 24.9 Å². The van der Waals surface area contributed by atoms with Crippen LogP contribution in [0.4, 0.5) is 0 Å². The molecule has 1 aliphatic heterocycles. The van der Waals surface area contributed by atoms with Gasteiger partial charge in [0.2, 0.25) is 5.91 Å². The molecule has 7 nitrogen and oxygen atoms in total. The number of ether oxygens (including phenoxy) is 1. The van der Waals surface area contributed by atoms with Gasteiger partial charge in [-0.3, -0.25) is 4.79 Å². The van der Waals surface area contributed by atoms with Gasteiger partial charge in [0.25, 0.3) is 0 Å². The highest BCUT2D eigenvalue weighted by atomic mass is 35.5. The van der Waals surface area contributed by atoms with E-state index in [4.69, 9.17) is 25.9 Å². The second-order valence-electron chi connectivity index (χ2n) is 5.64. The minimum atomic E-state index is -1.06. The van der Waals surface area contributed by atoms with Crippen molar-refractivity contribution in [3.8, 4) is 11.3 Å². The molecular weight excluding hydrogens is 348 g/mol. The standard InChI is InChI=1S/C17H17ClN2O5/c18-12-4-2-1-3-11(12)13-9-19-15(25-13)5-6-16(21)20-7-8-24-14(10-20)17(22)23/h1-4,9,14H,5-8,10H2,(H,22,23). The Labute approximate surface area is 149 Å². The molecule has 1 aromatic heterocycles. The van der Waals surface area contributed by atoms with Gasteiger partial charge in [-0.1, -0.05) is 23.7 Å². The molecule has 0 aliphatic carbocycles. The van der Waals surface area contributed by atoms with Crippen molar-refractivity contribution in [3.05, 3.63) is 41.4 Å². The summed E-state index contributed by atoms with van der Waals surface area (Å²) in [6, 6.07) is 7.27. The number of hydrogen-bond donors (Lipinski definition) is 1. The van der Waals surface area contributed by atoms with Crippen LogP contribution in [0.15, 0.2) is 34.9 Å². The van der Waals surface area contributed by atoms with Crippen LogP contribution in [-0.4, -0.2) is 52.7 Å². The molecule has 2 aromatic rings. The van der Waals surface area contributed by atoms with Gasteiger partial charge in [0.1, 0.15) is 0 Å². The first-order chi connectivity index (χ1) is 12.0. The SMILES string of the molecule is O=C(O)C1CN(C(=O)CCc2ncc(-c3ccccc3Cl)o2)CCO1. The van der Waals surface area contributed by atoms with Crippen LogP contribution in [0.25, 0.3) is 11.3 Å². The molecule has 0 radical (unpaired) electrons. The lowest BCUT2D eigenvalue weighted by atomic mass is 10.2. The summed E-state index contributed by atoms with van der Waals surface area (Å²) in [7, 11) is 0. The molecule has 1 atom stereocenters. The molecule has 2 heterocycles. The van der Waals surface area contributed by atoms with Crippen molar-refractivity contribution in [1.82, 2.24) is 9.88 Å². The van der Waals surface area contributed by atoms with Crippen molar-refractivity contribution in [3.63, 3.8) is 0 Å². The van der Waals surface area contributed by atoms with Gasteiger partial charge in [-0.15, -0.1) is 0 Å². The quantitative estimate of drug-likeness (QED) is 0.874. The number of carboxylic acids is 1. The van der Waals surface area contributed by atoms with E-state index in [-0.39, 0.29) is 25.5 Å². The van der Waals surface area contributed by atoms with Gasteiger partial charge in [0.15, 0.2) is 17.8 Å². The number of morpholine rings is 1. The van der Waals surface area contributed by atoms with Crippen LogP contribution in [0.5, 0.6) is 0 Å². The average molecular weight is 365 g/mol. The number of nitrogens with zero attached hydrogens (tertiary/aromatic N) is 2. The summed E-state index contributed by atoms with van der Waals surface area (Å²) in [5.74, 6) is -0.224. The molecule has 0 bridgehead atoms. The number of aromatic nitrogens is 1. The van der Waals surface area contributed by atoms with Crippen molar-refractivity contribution in [1.29, 1.82) is 0 Å². The summed E-state index contributed by atoms with van der Waals surface area (Å²) in [5.41, 5.74) is 0.742. The summed E-state index contributed by atoms with van der Waals surface area (Å²) < 4.78 is 10.8. The molecule has 8 heteroatoms. The molecule has 132 valence electrons. The van der Waals surface area contributed by atoms with Crippen LogP contribution in [0.1, 0.15) is 12.3 Å². The molecule has 1 saturated heterocycles. The van der Waals surface area contributed by atoms with E-state index in [2.05, 4.69) is 4.98 Å². The second kappa shape index (κ2) is 7.67. The first kappa shape index (κ1) is 17.4. The van der Waals surface area contributed by atoms with E-state index < -0.39 is 12.1 Å². The number of carboxylic acid groups (broad SMARTS) is 1. The smallest absolute Gasteiger partial charge is 0.334 e. The third-order valence-corrected chi connectivity index (χ3v) is 4.27. The maximum Gasteiger partial charge on any atom is 0.334 e. The molecule has 1 aliphatic rings. The van der Waals surface area contributed by atoms with Crippen LogP contribution < -0.4 is 0 Å². The fraction of sp³-hybridized carbons (Fsp3) is 0.353. The molecule has 25 heavy (non-hydrogen) atoms. The van der Waals surface area contributed by atoms with Gasteiger partial charge in [-0.05, 0) is 12.1 Å². The molecule has 0 saturated carbocycles. The van der Waals surface area contributed by atoms with Crippen molar-refractivity contribution in [2.75, 3.05) is 19.7 Å². The lowest BCUT2D eigenvalue weighted by molar-refractivity contribution is -0.159. The van der Waals surface area contributed by atoms with Gasteiger partial charge < -0.3 is 19.2 Å². The number of aryl methyl sites for hydroxylation is 1. The van der Waals surface area contributed by atoms with E-state index in [0.29, 0.717) is 29.6 Å². The zero-order chi connectivity index (χ0) is 17.8. The molecular formula is C17H17ClN2O5. The largest absolute Gasteiger partial charge is 0.479 e. The summed E-state index contributed by atoms with van der Waals surface area (Å²) in [4.78, 5) is 28.9. The molecule has 0 spiro atoms. The number of hydrogen-bond acceptors (Lipinski definition) is 5. The lowest BCUT2D eigenvalue weighted by Gasteiger charge is -2.30. The van der Waals surface area contributed by atoms with E-state index in [1.165, 1.54) is 4.90 Å². The van der Waals surface area contributed by atoms with Crippen LogP contribution in [0, 0.1) is 0 Å². The highest BCUT2D eigenvalue weighted by Crippen LogP contribution is 2.28. The first-order valence-corrected chi connectivity index (χ1v) is 8.24.